The lowest BCUT2D eigenvalue weighted by atomic mass is 10.1. The minimum atomic E-state index is -0.108. The topological polar surface area (TPSA) is 45.2 Å². The highest BCUT2D eigenvalue weighted by molar-refractivity contribution is 6.04. The largest absolute Gasteiger partial charge is 0.370 e. The number of amides is 1. The second-order valence-corrected chi connectivity index (χ2v) is 6.34. The number of carbonyl (C=O) groups excluding carboxylic acids is 1. The van der Waals surface area contributed by atoms with Gasteiger partial charge in [-0.3, -0.25) is 9.78 Å². The van der Waals surface area contributed by atoms with Crippen molar-refractivity contribution in [3.63, 3.8) is 0 Å². The molecule has 0 unspecified atom stereocenters. The SMILES string of the molecule is CCc1ccc(NC(=O)c2cncc(N3CCCCCC3)c2)cc1. The number of aryl methyl sites for hydroxylation is 1. The van der Waals surface area contributed by atoms with Crippen LogP contribution in [0.5, 0.6) is 0 Å². The van der Waals surface area contributed by atoms with Crippen LogP contribution in [0.4, 0.5) is 11.4 Å². The van der Waals surface area contributed by atoms with Crippen molar-refractivity contribution in [1.29, 1.82) is 0 Å². The Balaban J connectivity index is 1.71. The van der Waals surface area contributed by atoms with E-state index in [-0.39, 0.29) is 5.91 Å². The van der Waals surface area contributed by atoms with Crippen molar-refractivity contribution < 1.29 is 4.79 Å². The van der Waals surface area contributed by atoms with Crippen LogP contribution in [0.15, 0.2) is 42.7 Å². The molecule has 0 saturated carbocycles. The van der Waals surface area contributed by atoms with Gasteiger partial charge in [0.25, 0.3) is 5.91 Å². The van der Waals surface area contributed by atoms with Crippen LogP contribution in [0, 0.1) is 0 Å². The third-order valence-corrected chi connectivity index (χ3v) is 4.58. The zero-order valence-electron chi connectivity index (χ0n) is 14.3. The van der Waals surface area contributed by atoms with Crippen molar-refractivity contribution in [1.82, 2.24) is 4.98 Å². The molecular weight excluding hydrogens is 298 g/mol. The number of aromatic nitrogens is 1. The third-order valence-electron chi connectivity index (χ3n) is 4.58. The number of nitrogens with zero attached hydrogens (tertiary/aromatic N) is 2. The second-order valence-electron chi connectivity index (χ2n) is 6.34. The normalized spacial score (nSPS) is 15.0. The molecule has 0 bridgehead atoms. The van der Waals surface area contributed by atoms with Crippen molar-refractivity contribution in [2.24, 2.45) is 0 Å². The van der Waals surface area contributed by atoms with Crippen LogP contribution in [0.2, 0.25) is 0 Å². The highest BCUT2D eigenvalue weighted by Crippen LogP contribution is 2.20. The lowest BCUT2D eigenvalue weighted by molar-refractivity contribution is 0.102. The maximum atomic E-state index is 12.5. The number of pyridine rings is 1. The first-order valence-corrected chi connectivity index (χ1v) is 8.86. The highest BCUT2D eigenvalue weighted by Gasteiger charge is 2.13. The summed E-state index contributed by atoms with van der Waals surface area (Å²) in [5, 5.41) is 2.95. The first kappa shape index (κ1) is 16.5. The van der Waals surface area contributed by atoms with Crippen LogP contribution in [0.3, 0.4) is 0 Å². The monoisotopic (exact) mass is 323 g/mol. The predicted octanol–water partition coefficient (Wildman–Crippen LogP) is 4.28. The summed E-state index contributed by atoms with van der Waals surface area (Å²) in [6.45, 7) is 4.21. The summed E-state index contributed by atoms with van der Waals surface area (Å²) in [6, 6.07) is 9.93. The summed E-state index contributed by atoms with van der Waals surface area (Å²) in [7, 11) is 0. The molecule has 24 heavy (non-hydrogen) atoms. The summed E-state index contributed by atoms with van der Waals surface area (Å²) in [4.78, 5) is 19.1. The Labute approximate surface area is 143 Å². The summed E-state index contributed by atoms with van der Waals surface area (Å²) in [5.74, 6) is -0.108. The fourth-order valence-corrected chi connectivity index (χ4v) is 3.08. The molecule has 1 aliphatic heterocycles. The van der Waals surface area contributed by atoms with Crippen molar-refractivity contribution >= 4 is 17.3 Å². The van der Waals surface area contributed by atoms with Gasteiger partial charge in [0.15, 0.2) is 0 Å². The smallest absolute Gasteiger partial charge is 0.257 e. The van der Waals surface area contributed by atoms with E-state index >= 15 is 0 Å². The van der Waals surface area contributed by atoms with Crippen LogP contribution in [-0.2, 0) is 6.42 Å². The Morgan fingerprint density at radius 2 is 1.79 bits per heavy atom. The molecule has 1 N–H and O–H groups in total. The molecule has 1 fully saturated rings. The Morgan fingerprint density at radius 3 is 2.46 bits per heavy atom. The van der Waals surface area contributed by atoms with E-state index in [0.717, 1.165) is 30.9 Å². The van der Waals surface area contributed by atoms with E-state index in [0.29, 0.717) is 5.56 Å². The Morgan fingerprint density at radius 1 is 1.08 bits per heavy atom. The zero-order chi connectivity index (χ0) is 16.8. The van der Waals surface area contributed by atoms with Crippen molar-refractivity contribution in [3.05, 3.63) is 53.9 Å². The Kier molecular flexibility index (Phi) is 5.47. The summed E-state index contributed by atoms with van der Waals surface area (Å²) < 4.78 is 0. The van der Waals surface area contributed by atoms with E-state index in [1.54, 1.807) is 6.20 Å². The summed E-state index contributed by atoms with van der Waals surface area (Å²) >= 11 is 0. The third kappa shape index (κ3) is 4.13. The first-order chi connectivity index (χ1) is 11.8. The van der Waals surface area contributed by atoms with E-state index in [1.807, 2.05) is 36.5 Å². The molecule has 3 rings (SSSR count). The molecule has 0 atom stereocenters. The maximum absolute atomic E-state index is 12.5. The van der Waals surface area contributed by atoms with Gasteiger partial charge in [-0.2, -0.15) is 0 Å². The van der Waals surface area contributed by atoms with Crippen molar-refractivity contribution in [2.75, 3.05) is 23.3 Å². The van der Waals surface area contributed by atoms with E-state index < -0.39 is 0 Å². The average Bonchev–Trinajstić information content (AvgIpc) is 2.92. The van der Waals surface area contributed by atoms with Crippen LogP contribution in [0.1, 0.15) is 48.5 Å². The molecule has 1 amide bonds. The van der Waals surface area contributed by atoms with Gasteiger partial charge in [0.2, 0.25) is 0 Å². The van der Waals surface area contributed by atoms with Gasteiger partial charge in [-0.05, 0) is 43.0 Å². The van der Waals surface area contributed by atoms with Gasteiger partial charge in [-0.25, -0.2) is 0 Å². The van der Waals surface area contributed by atoms with Gasteiger partial charge in [0, 0.05) is 25.0 Å². The molecular formula is C20H25N3O. The number of anilines is 2. The molecule has 1 aromatic heterocycles. The highest BCUT2D eigenvalue weighted by atomic mass is 16.1. The molecule has 1 aromatic carbocycles. The molecule has 2 heterocycles. The van der Waals surface area contributed by atoms with E-state index in [4.69, 9.17) is 0 Å². The summed E-state index contributed by atoms with van der Waals surface area (Å²) in [6.07, 6.45) is 9.49. The molecule has 4 nitrogen and oxygen atoms in total. The van der Waals surface area contributed by atoms with Crippen LogP contribution in [-0.4, -0.2) is 24.0 Å². The molecule has 126 valence electrons. The lowest BCUT2D eigenvalue weighted by Gasteiger charge is -2.22. The molecule has 1 saturated heterocycles. The molecule has 0 spiro atoms. The zero-order valence-corrected chi connectivity index (χ0v) is 14.3. The average molecular weight is 323 g/mol. The molecule has 1 aliphatic rings. The quantitative estimate of drug-likeness (QED) is 0.913. The van der Waals surface area contributed by atoms with Crippen molar-refractivity contribution in [3.8, 4) is 0 Å². The molecule has 2 aromatic rings. The number of benzene rings is 1. The summed E-state index contributed by atoms with van der Waals surface area (Å²) in [5.41, 5.74) is 3.73. The Bertz CT molecular complexity index is 674. The first-order valence-electron chi connectivity index (χ1n) is 8.86. The number of hydrogen-bond acceptors (Lipinski definition) is 3. The van der Waals surface area contributed by atoms with Gasteiger partial charge in [-0.1, -0.05) is 31.9 Å². The standard InChI is InChI=1S/C20H25N3O/c1-2-16-7-9-18(10-8-16)22-20(24)17-13-19(15-21-14-17)23-11-5-3-4-6-12-23/h7-10,13-15H,2-6,11-12H2,1H3,(H,22,24). The number of hydrogen-bond donors (Lipinski definition) is 1. The van der Waals surface area contributed by atoms with E-state index in [1.165, 1.54) is 31.2 Å². The van der Waals surface area contributed by atoms with Crippen LogP contribution >= 0.6 is 0 Å². The Hall–Kier alpha value is -2.36. The number of carbonyl (C=O) groups is 1. The molecule has 0 aliphatic carbocycles. The fourth-order valence-electron chi connectivity index (χ4n) is 3.08. The lowest BCUT2D eigenvalue weighted by Crippen LogP contribution is -2.24. The van der Waals surface area contributed by atoms with Gasteiger partial charge in [-0.15, -0.1) is 0 Å². The van der Waals surface area contributed by atoms with E-state index in [9.17, 15) is 4.79 Å². The van der Waals surface area contributed by atoms with Gasteiger partial charge in [0.05, 0.1) is 17.4 Å². The maximum Gasteiger partial charge on any atom is 0.257 e. The molecule has 0 radical (unpaired) electrons. The minimum Gasteiger partial charge on any atom is -0.370 e. The molecule has 4 heteroatoms. The number of rotatable bonds is 4. The fraction of sp³-hybridized carbons (Fsp3) is 0.400. The van der Waals surface area contributed by atoms with Crippen LogP contribution in [0.25, 0.3) is 0 Å². The second kappa shape index (κ2) is 7.95. The number of nitrogens with one attached hydrogen (secondary N) is 1. The van der Waals surface area contributed by atoms with Crippen molar-refractivity contribution in [2.45, 2.75) is 39.0 Å². The van der Waals surface area contributed by atoms with Gasteiger partial charge >= 0.3 is 0 Å². The van der Waals surface area contributed by atoms with E-state index in [2.05, 4.69) is 22.1 Å². The van der Waals surface area contributed by atoms with Gasteiger partial charge in [0.1, 0.15) is 0 Å². The minimum absolute atomic E-state index is 0.108. The van der Waals surface area contributed by atoms with Crippen LogP contribution < -0.4 is 10.2 Å². The van der Waals surface area contributed by atoms with Gasteiger partial charge < -0.3 is 10.2 Å². The predicted molar refractivity (Wildman–Crippen MR) is 98.7 cm³/mol.